The van der Waals surface area contributed by atoms with Crippen LogP contribution in [0.1, 0.15) is 30.5 Å². The molecule has 0 radical (unpaired) electrons. The third kappa shape index (κ3) is 3.50. The number of methoxy groups -OCH3 is 1. The van der Waals surface area contributed by atoms with Gasteiger partial charge in [-0.3, -0.25) is 0 Å². The van der Waals surface area contributed by atoms with Crippen LogP contribution in [-0.2, 0) is 18.0 Å². The summed E-state index contributed by atoms with van der Waals surface area (Å²) < 4.78 is 59.7. The number of anilines is 1. The Morgan fingerprint density at radius 1 is 1.21 bits per heavy atom. The van der Waals surface area contributed by atoms with Crippen LogP contribution in [0.5, 0.6) is 5.75 Å². The summed E-state index contributed by atoms with van der Waals surface area (Å²) in [5.41, 5.74) is 0.301. The molecule has 3 nitrogen and oxygen atoms in total. The summed E-state index contributed by atoms with van der Waals surface area (Å²) in [5.74, 6) is -0.651. The minimum absolute atomic E-state index is 0.0130. The van der Waals surface area contributed by atoms with Crippen molar-refractivity contribution in [2.45, 2.75) is 31.9 Å². The summed E-state index contributed by atoms with van der Waals surface area (Å²) in [6, 6.07) is 8.87. The Morgan fingerprint density at radius 3 is 2.52 bits per heavy atom. The fraction of sp³-hybridized carbons (Fsp3) is 0.318. The molecule has 154 valence electrons. The molecule has 29 heavy (non-hydrogen) atoms. The molecule has 0 aliphatic carbocycles. The molecule has 7 heteroatoms. The lowest BCUT2D eigenvalue weighted by Crippen LogP contribution is -2.31. The lowest BCUT2D eigenvalue weighted by atomic mass is 9.76. The molecule has 1 unspecified atom stereocenters. The fourth-order valence-electron chi connectivity index (χ4n) is 4.08. The molecular weight excluding hydrogens is 384 g/mol. The van der Waals surface area contributed by atoms with E-state index in [0.29, 0.717) is 12.3 Å². The van der Waals surface area contributed by atoms with Crippen LogP contribution in [0.15, 0.2) is 48.2 Å². The van der Waals surface area contributed by atoms with Crippen molar-refractivity contribution >= 4 is 11.9 Å². The number of rotatable bonds is 5. The average molecular weight is 406 g/mol. The van der Waals surface area contributed by atoms with Crippen molar-refractivity contribution < 1.29 is 22.3 Å². The second kappa shape index (κ2) is 7.54. The minimum atomic E-state index is -4.76. The third-order valence-corrected chi connectivity index (χ3v) is 5.43. The van der Waals surface area contributed by atoms with E-state index in [4.69, 9.17) is 10.1 Å². The quantitative estimate of drug-likeness (QED) is 0.509. The largest absolute Gasteiger partial charge is 0.497 e. The molecule has 3 rings (SSSR count). The van der Waals surface area contributed by atoms with Crippen molar-refractivity contribution in [3.63, 3.8) is 0 Å². The molecule has 1 heterocycles. The van der Waals surface area contributed by atoms with Gasteiger partial charge in [0.1, 0.15) is 11.6 Å². The van der Waals surface area contributed by atoms with Crippen molar-refractivity contribution in [1.82, 2.24) is 0 Å². The molecule has 0 aromatic heterocycles. The van der Waals surface area contributed by atoms with E-state index in [1.807, 2.05) is 30.9 Å². The number of likely N-dealkylation sites (N-methyl/N-ethyl adjacent to an activating group) is 1. The van der Waals surface area contributed by atoms with Crippen LogP contribution in [-0.4, -0.2) is 19.9 Å². The Bertz CT molecular complexity index is 968. The van der Waals surface area contributed by atoms with Gasteiger partial charge in [0, 0.05) is 29.6 Å². The van der Waals surface area contributed by atoms with Gasteiger partial charge in [-0.25, -0.2) is 4.39 Å². The second-order valence-electron chi connectivity index (χ2n) is 7.13. The summed E-state index contributed by atoms with van der Waals surface area (Å²) in [7, 11) is 1.53. The third-order valence-electron chi connectivity index (χ3n) is 5.43. The van der Waals surface area contributed by atoms with Crippen molar-refractivity contribution in [1.29, 1.82) is 5.41 Å². The molecule has 1 atom stereocenters. The SMILES string of the molecule is CCN1/C(=C\C=N)C(C)(Cc2cccc(C(F)(F)F)c2F)c2cc(OC)ccc21. The molecule has 2 aromatic rings. The normalized spacial score (nSPS) is 20.1. The topological polar surface area (TPSA) is 36.3 Å². The molecule has 1 N–H and O–H groups in total. The Hall–Kier alpha value is -2.83. The Balaban J connectivity index is 2.19. The van der Waals surface area contributed by atoms with Crippen LogP contribution in [0.4, 0.5) is 23.2 Å². The van der Waals surface area contributed by atoms with Gasteiger partial charge in [0.05, 0.1) is 12.7 Å². The first kappa shape index (κ1) is 20.9. The van der Waals surface area contributed by atoms with E-state index < -0.39 is 23.0 Å². The lowest BCUT2D eigenvalue weighted by Gasteiger charge is -2.30. The fourth-order valence-corrected chi connectivity index (χ4v) is 4.08. The summed E-state index contributed by atoms with van der Waals surface area (Å²) in [6.07, 6.45) is -2.00. The highest BCUT2D eigenvalue weighted by molar-refractivity contribution is 5.79. The van der Waals surface area contributed by atoms with E-state index in [1.54, 1.807) is 12.1 Å². The minimum Gasteiger partial charge on any atom is -0.497 e. The van der Waals surface area contributed by atoms with Crippen molar-refractivity contribution in [3.05, 3.63) is 70.7 Å². The Kier molecular flexibility index (Phi) is 5.43. The molecule has 0 saturated carbocycles. The number of nitrogens with one attached hydrogen (secondary N) is 1. The van der Waals surface area contributed by atoms with Gasteiger partial charge in [0.25, 0.3) is 0 Å². The molecule has 2 aromatic carbocycles. The summed E-state index contributed by atoms with van der Waals surface area (Å²) in [4.78, 5) is 1.99. The van der Waals surface area contributed by atoms with Gasteiger partial charge < -0.3 is 15.0 Å². The number of halogens is 4. The predicted molar refractivity (Wildman–Crippen MR) is 105 cm³/mol. The van der Waals surface area contributed by atoms with Crippen molar-refractivity contribution in [2.75, 3.05) is 18.6 Å². The maximum atomic E-state index is 14.8. The highest BCUT2D eigenvalue weighted by atomic mass is 19.4. The molecule has 1 aliphatic rings. The zero-order valence-corrected chi connectivity index (χ0v) is 16.4. The first-order valence-corrected chi connectivity index (χ1v) is 9.19. The molecule has 0 spiro atoms. The van der Waals surface area contributed by atoms with E-state index in [2.05, 4.69) is 0 Å². The van der Waals surface area contributed by atoms with E-state index in [9.17, 15) is 17.6 Å². The van der Waals surface area contributed by atoms with Gasteiger partial charge in [0.2, 0.25) is 0 Å². The zero-order chi connectivity index (χ0) is 21.4. The first-order valence-electron chi connectivity index (χ1n) is 9.19. The van der Waals surface area contributed by atoms with Gasteiger partial charge in [-0.1, -0.05) is 12.1 Å². The van der Waals surface area contributed by atoms with Gasteiger partial charge in [-0.15, -0.1) is 0 Å². The molecule has 0 fully saturated rings. The summed E-state index contributed by atoms with van der Waals surface area (Å²) in [5, 5.41) is 7.56. The monoisotopic (exact) mass is 406 g/mol. The van der Waals surface area contributed by atoms with E-state index in [0.717, 1.165) is 29.2 Å². The zero-order valence-electron chi connectivity index (χ0n) is 16.4. The van der Waals surface area contributed by atoms with Gasteiger partial charge >= 0.3 is 6.18 Å². The maximum absolute atomic E-state index is 14.8. The number of ether oxygens (including phenoxy) is 1. The summed E-state index contributed by atoms with van der Waals surface area (Å²) >= 11 is 0. The molecular formula is C22H22F4N2O. The van der Waals surface area contributed by atoms with Gasteiger partial charge in [0.15, 0.2) is 0 Å². The number of hydrogen-bond acceptors (Lipinski definition) is 3. The number of benzene rings is 2. The van der Waals surface area contributed by atoms with Crippen LogP contribution in [0, 0.1) is 11.2 Å². The molecule has 0 bridgehead atoms. The van der Waals surface area contributed by atoms with Gasteiger partial charge in [-0.2, -0.15) is 13.2 Å². The molecule has 1 aliphatic heterocycles. The van der Waals surface area contributed by atoms with Crippen LogP contribution >= 0.6 is 0 Å². The smallest absolute Gasteiger partial charge is 0.419 e. The number of fused-ring (bicyclic) bond motifs is 1. The highest BCUT2D eigenvalue weighted by Gasteiger charge is 2.44. The molecule has 0 saturated heterocycles. The van der Waals surface area contributed by atoms with E-state index in [-0.39, 0.29) is 12.0 Å². The number of allylic oxidation sites excluding steroid dienone is 2. The average Bonchev–Trinajstić information content (AvgIpc) is 2.90. The Morgan fingerprint density at radius 2 is 1.93 bits per heavy atom. The Labute approximate surface area is 167 Å². The van der Waals surface area contributed by atoms with Crippen molar-refractivity contribution in [3.8, 4) is 5.75 Å². The number of nitrogens with zero attached hydrogens (tertiary/aromatic N) is 1. The lowest BCUT2D eigenvalue weighted by molar-refractivity contribution is -0.140. The highest BCUT2D eigenvalue weighted by Crippen LogP contribution is 2.51. The van der Waals surface area contributed by atoms with Crippen LogP contribution in [0.25, 0.3) is 0 Å². The number of hydrogen-bond donors (Lipinski definition) is 1. The first-order chi connectivity index (χ1) is 13.7. The summed E-state index contributed by atoms with van der Waals surface area (Å²) in [6.45, 7) is 4.40. The molecule has 0 amide bonds. The van der Waals surface area contributed by atoms with Crippen LogP contribution in [0.3, 0.4) is 0 Å². The number of alkyl halides is 3. The van der Waals surface area contributed by atoms with Gasteiger partial charge in [-0.05, 0) is 61.7 Å². The van der Waals surface area contributed by atoms with Crippen LogP contribution < -0.4 is 9.64 Å². The standard InChI is InChI=1S/C22H22F4N2O/c1-4-28-18-9-8-15(29-3)12-17(18)21(2,19(28)10-11-27)13-14-6-5-7-16(20(14)23)22(24,25)26/h5-12,27H,4,13H2,1-3H3/b19-10-,27-11?. The van der Waals surface area contributed by atoms with Crippen LogP contribution in [0.2, 0.25) is 0 Å². The maximum Gasteiger partial charge on any atom is 0.419 e. The van der Waals surface area contributed by atoms with E-state index in [1.165, 1.54) is 19.2 Å². The van der Waals surface area contributed by atoms with Crippen molar-refractivity contribution in [2.24, 2.45) is 0 Å². The second-order valence-corrected chi connectivity index (χ2v) is 7.13. The predicted octanol–water partition coefficient (Wildman–Crippen LogP) is 5.73. The van der Waals surface area contributed by atoms with E-state index >= 15 is 0 Å².